The van der Waals surface area contributed by atoms with Crippen molar-refractivity contribution in [2.75, 3.05) is 11.9 Å². The maximum atomic E-state index is 13.0. The van der Waals surface area contributed by atoms with Crippen molar-refractivity contribution >= 4 is 29.3 Å². The number of amides is 4. The van der Waals surface area contributed by atoms with E-state index in [1.165, 1.54) is 0 Å². The molecule has 1 aromatic carbocycles. The number of anilines is 1. The normalized spacial score (nSPS) is 17.0. The zero-order chi connectivity index (χ0) is 27.5. The molecule has 0 radical (unpaired) electrons. The summed E-state index contributed by atoms with van der Waals surface area (Å²) >= 11 is 0. The Morgan fingerprint density at radius 2 is 1.72 bits per heavy atom. The fourth-order valence-electron chi connectivity index (χ4n) is 5.22. The van der Waals surface area contributed by atoms with Gasteiger partial charge < -0.3 is 5.32 Å². The highest BCUT2D eigenvalue weighted by molar-refractivity contribution is 6.23. The molecule has 39 heavy (non-hydrogen) atoms. The first kappa shape index (κ1) is 26.2. The maximum Gasteiger partial charge on any atom is 0.262 e. The number of fused-ring (bicyclic) bond motifs is 1. The molecular formula is C28H31N7O4. The molecular weight excluding hydrogens is 498 g/mol. The van der Waals surface area contributed by atoms with Crippen LogP contribution < -0.4 is 10.6 Å². The molecule has 4 amide bonds. The van der Waals surface area contributed by atoms with Gasteiger partial charge in [-0.15, -0.1) is 0 Å². The molecule has 1 unspecified atom stereocenters. The van der Waals surface area contributed by atoms with Crippen molar-refractivity contribution in [3.05, 3.63) is 59.2 Å². The van der Waals surface area contributed by atoms with E-state index in [1.54, 1.807) is 36.7 Å². The molecule has 3 aromatic rings. The predicted octanol–water partition coefficient (Wildman–Crippen LogP) is 3.03. The minimum absolute atomic E-state index is 0.0987. The summed E-state index contributed by atoms with van der Waals surface area (Å²) in [5, 5.41) is 10.2. The molecule has 11 heteroatoms. The van der Waals surface area contributed by atoms with Gasteiger partial charge in [0.25, 0.3) is 11.8 Å². The van der Waals surface area contributed by atoms with Crippen LogP contribution in [0.3, 0.4) is 0 Å². The summed E-state index contributed by atoms with van der Waals surface area (Å²) in [5.74, 6) is -1.30. The van der Waals surface area contributed by atoms with Crippen LogP contribution in [0.4, 0.5) is 5.69 Å². The van der Waals surface area contributed by atoms with Gasteiger partial charge in [0.2, 0.25) is 11.8 Å². The van der Waals surface area contributed by atoms with Crippen molar-refractivity contribution < 1.29 is 19.2 Å². The van der Waals surface area contributed by atoms with Crippen LogP contribution in [0.1, 0.15) is 70.6 Å². The van der Waals surface area contributed by atoms with Gasteiger partial charge in [-0.3, -0.25) is 34.1 Å². The zero-order valence-corrected chi connectivity index (χ0v) is 22.1. The SMILES string of the molecule is Cc1nn(CCCCCCNc2ccc3c(c2)C(=O)N(C2CCC(=O)NC2=O)C3=O)c(C)c1-c1ncccn1. The maximum absolute atomic E-state index is 13.0. The molecule has 1 atom stereocenters. The van der Waals surface area contributed by atoms with E-state index >= 15 is 0 Å². The van der Waals surface area contributed by atoms with Gasteiger partial charge in [0.15, 0.2) is 5.82 Å². The van der Waals surface area contributed by atoms with Crippen LogP contribution in [0.2, 0.25) is 0 Å². The number of unbranched alkanes of at least 4 members (excludes halogenated alkanes) is 3. The molecule has 2 aromatic heterocycles. The first-order chi connectivity index (χ1) is 18.8. The number of nitrogens with zero attached hydrogens (tertiary/aromatic N) is 5. The summed E-state index contributed by atoms with van der Waals surface area (Å²) in [6, 6.07) is 5.90. The van der Waals surface area contributed by atoms with Gasteiger partial charge in [-0.1, -0.05) is 12.8 Å². The predicted molar refractivity (Wildman–Crippen MR) is 143 cm³/mol. The molecule has 0 bridgehead atoms. The molecule has 2 N–H and O–H groups in total. The van der Waals surface area contributed by atoms with Crippen molar-refractivity contribution in [2.24, 2.45) is 0 Å². The minimum Gasteiger partial charge on any atom is -0.385 e. The first-order valence-corrected chi connectivity index (χ1v) is 13.3. The van der Waals surface area contributed by atoms with Crippen LogP contribution in [-0.2, 0) is 16.1 Å². The Kier molecular flexibility index (Phi) is 7.49. The van der Waals surface area contributed by atoms with E-state index in [4.69, 9.17) is 0 Å². The van der Waals surface area contributed by atoms with Gasteiger partial charge in [0.1, 0.15) is 6.04 Å². The number of rotatable bonds is 10. The summed E-state index contributed by atoms with van der Waals surface area (Å²) < 4.78 is 2.03. The summed E-state index contributed by atoms with van der Waals surface area (Å²) in [4.78, 5) is 59.2. The number of piperidine rings is 1. The number of carbonyl (C=O) groups excluding carboxylic acids is 4. The summed E-state index contributed by atoms with van der Waals surface area (Å²) in [6.07, 6.45) is 7.76. The third-order valence-corrected chi connectivity index (χ3v) is 7.24. The van der Waals surface area contributed by atoms with Crippen molar-refractivity contribution in [3.8, 4) is 11.4 Å². The smallest absolute Gasteiger partial charge is 0.262 e. The van der Waals surface area contributed by atoms with Gasteiger partial charge in [-0.05, 0) is 57.4 Å². The largest absolute Gasteiger partial charge is 0.385 e. The van der Waals surface area contributed by atoms with Crippen LogP contribution in [0.25, 0.3) is 11.4 Å². The molecule has 0 aliphatic carbocycles. The van der Waals surface area contributed by atoms with E-state index in [1.807, 2.05) is 11.6 Å². The van der Waals surface area contributed by atoms with Crippen LogP contribution in [0.15, 0.2) is 36.7 Å². The number of nitrogens with one attached hydrogen (secondary N) is 2. The lowest BCUT2D eigenvalue weighted by Crippen LogP contribution is -2.54. The Morgan fingerprint density at radius 1 is 0.974 bits per heavy atom. The van der Waals surface area contributed by atoms with E-state index in [2.05, 4.69) is 32.6 Å². The number of aromatic nitrogens is 4. The van der Waals surface area contributed by atoms with Crippen LogP contribution in [0.5, 0.6) is 0 Å². The average Bonchev–Trinajstić information content (AvgIpc) is 3.34. The number of hydrogen-bond donors (Lipinski definition) is 2. The number of carbonyl (C=O) groups is 4. The second kappa shape index (κ2) is 11.1. The summed E-state index contributed by atoms with van der Waals surface area (Å²) in [5.41, 5.74) is 4.30. The fraction of sp³-hybridized carbons (Fsp3) is 0.393. The highest BCUT2D eigenvalue weighted by atomic mass is 16.2. The molecule has 202 valence electrons. The Balaban J connectivity index is 1.08. The number of hydrogen-bond acceptors (Lipinski definition) is 8. The third-order valence-electron chi connectivity index (χ3n) is 7.24. The molecule has 1 fully saturated rings. The molecule has 2 aliphatic heterocycles. The first-order valence-electron chi connectivity index (χ1n) is 13.3. The van der Waals surface area contributed by atoms with Gasteiger partial charge in [-0.2, -0.15) is 5.10 Å². The second-order valence-corrected chi connectivity index (χ2v) is 9.89. The van der Waals surface area contributed by atoms with E-state index in [-0.39, 0.29) is 24.0 Å². The molecule has 4 heterocycles. The molecule has 0 spiro atoms. The fourth-order valence-corrected chi connectivity index (χ4v) is 5.22. The molecule has 2 aliphatic rings. The topological polar surface area (TPSA) is 139 Å². The zero-order valence-electron chi connectivity index (χ0n) is 22.1. The number of imide groups is 2. The molecule has 1 saturated heterocycles. The van der Waals surface area contributed by atoms with Crippen LogP contribution >= 0.6 is 0 Å². The van der Waals surface area contributed by atoms with Crippen molar-refractivity contribution in [3.63, 3.8) is 0 Å². The molecule has 0 saturated carbocycles. The lowest BCUT2D eigenvalue weighted by molar-refractivity contribution is -0.136. The Morgan fingerprint density at radius 3 is 2.49 bits per heavy atom. The van der Waals surface area contributed by atoms with Crippen LogP contribution in [0, 0.1) is 13.8 Å². The Hall–Kier alpha value is -4.41. The van der Waals surface area contributed by atoms with Gasteiger partial charge >= 0.3 is 0 Å². The highest BCUT2D eigenvalue weighted by Gasteiger charge is 2.44. The second-order valence-electron chi connectivity index (χ2n) is 9.89. The van der Waals surface area contributed by atoms with E-state index in [9.17, 15) is 19.2 Å². The van der Waals surface area contributed by atoms with Crippen molar-refractivity contribution in [2.45, 2.75) is 65.0 Å². The lowest BCUT2D eigenvalue weighted by atomic mass is 10.0. The molecule has 5 rings (SSSR count). The number of benzene rings is 1. The quantitative estimate of drug-likeness (QED) is 0.302. The van der Waals surface area contributed by atoms with Gasteiger partial charge in [0, 0.05) is 43.3 Å². The molecule has 11 nitrogen and oxygen atoms in total. The highest BCUT2D eigenvalue weighted by Crippen LogP contribution is 2.29. The minimum atomic E-state index is -0.959. The van der Waals surface area contributed by atoms with E-state index < -0.39 is 29.7 Å². The summed E-state index contributed by atoms with van der Waals surface area (Å²) in [7, 11) is 0. The van der Waals surface area contributed by atoms with E-state index in [0.717, 1.165) is 66.3 Å². The van der Waals surface area contributed by atoms with Crippen molar-refractivity contribution in [1.82, 2.24) is 30.0 Å². The van der Waals surface area contributed by atoms with Gasteiger partial charge in [-0.25, -0.2) is 9.97 Å². The number of aryl methyl sites for hydroxylation is 2. The average molecular weight is 530 g/mol. The lowest BCUT2D eigenvalue weighted by Gasteiger charge is -2.27. The third kappa shape index (κ3) is 5.29. The summed E-state index contributed by atoms with van der Waals surface area (Å²) in [6.45, 7) is 5.59. The monoisotopic (exact) mass is 529 g/mol. The van der Waals surface area contributed by atoms with Gasteiger partial charge in [0.05, 0.1) is 22.4 Å². The standard InChI is InChI=1S/C28H31N7O4/c1-17-24(25-30-13-7-14-31-25)18(2)34(33-17)15-6-4-3-5-12-29-19-8-9-20-21(16-19)28(39)35(27(20)38)22-10-11-23(36)32-26(22)37/h7-9,13-14,16,22,29H,3-6,10-12,15H2,1-2H3,(H,32,36,37). The Bertz CT molecular complexity index is 1430. The van der Waals surface area contributed by atoms with E-state index in [0.29, 0.717) is 5.82 Å². The Labute approximate surface area is 226 Å². The van der Waals surface area contributed by atoms with Crippen LogP contribution in [-0.4, -0.2) is 60.9 Å². The van der Waals surface area contributed by atoms with Crippen molar-refractivity contribution in [1.29, 1.82) is 0 Å².